The van der Waals surface area contributed by atoms with Crippen LogP contribution in [0, 0.1) is 6.92 Å². The summed E-state index contributed by atoms with van der Waals surface area (Å²) < 4.78 is 30.8. The highest BCUT2D eigenvalue weighted by atomic mass is 32.2. The summed E-state index contributed by atoms with van der Waals surface area (Å²) in [7, 11) is -3.87. The fourth-order valence-electron chi connectivity index (χ4n) is 2.88. The Morgan fingerprint density at radius 3 is 2.69 bits per heavy atom. The van der Waals surface area contributed by atoms with E-state index in [0.29, 0.717) is 4.88 Å². The van der Waals surface area contributed by atoms with Crippen molar-refractivity contribution in [3.8, 4) is 0 Å². The Morgan fingerprint density at radius 1 is 1.27 bits per heavy atom. The zero-order valence-corrected chi connectivity index (χ0v) is 16.2. The average molecular weight is 393 g/mol. The number of hydrogen-bond donors (Lipinski definition) is 0. The maximum Gasteiger partial charge on any atom is 0.348 e. The summed E-state index contributed by atoms with van der Waals surface area (Å²) in [5.74, 6) is -1.09. The van der Waals surface area contributed by atoms with Gasteiger partial charge in [0.1, 0.15) is 16.4 Å². The summed E-state index contributed by atoms with van der Waals surface area (Å²) in [6.07, 6.45) is 1.88. The van der Waals surface area contributed by atoms with Gasteiger partial charge < -0.3 is 4.74 Å². The van der Waals surface area contributed by atoms with Crippen molar-refractivity contribution in [1.82, 2.24) is 4.31 Å². The third-order valence-corrected chi connectivity index (χ3v) is 7.09. The first-order chi connectivity index (χ1) is 12.4. The van der Waals surface area contributed by atoms with E-state index in [-0.39, 0.29) is 23.6 Å². The van der Waals surface area contributed by atoms with Gasteiger partial charge in [0.2, 0.25) is 0 Å². The maximum absolute atomic E-state index is 12.4. The van der Waals surface area contributed by atoms with E-state index < -0.39 is 21.9 Å². The minimum atomic E-state index is -3.87. The SMILES string of the molecule is CCCc1cc(C(=O)OCCN2C(=O)c3ccccc3S2(=O)=O)sc1C. The fraction of sp³-hybridized carbons (Fsp3) is 0.333. The standard InChI is InChI=1S/C18H19NO5S2/c1-3-6-13-11-15(25-12(13)2)18(21)24-10-9-19-17(20)14-7-4-5-8-16(14)26(19,22)23/h4-5,7-8,11H,3,6,9-10H2,1-2H3. The van der Waals surface area contributed by atoms with Crippen LogP contribution in [0.1, 0.15) is 43.8 Å². The zero-order valence-electron chi connectivity index (χ0n) is 14.5. The van der Waals surface area contributed by atoms with Crippen LogP contribution in [0.5, 0.6) is 0 Å². The molecule has 2 heterocycles. The van der Waals surface area contributed by atoms with E-state index in [1.807, 2.05) is 13.0 Å². The highest BCUT2D eigenvalue weighted by Gasteiger charge is 2.40. The van der Waals surface area contributed by atoms with Gasteiger partial charge in [-0.1, -0.05) is 25.5 Å². The monoisotopic (exact) mass is 393 g/mol. The summed E-state index contributed by atoms with van der Waals surface area (Å²) >= 11 is 1.36. The van der Waals surface area contributed by atoms with Crippen LogP contribution in [0.25, 0.3) is 0 Å². The molecule has 0 saturated heterocycles. The van der Waals surface area contributed by atoms with Gasteiger partial charge in [-0.15, -0.1) is 11.3 Å². The number of carbonyl (C=O) groups is 2. The number of sulfonamides is 1. The van der Waals surface area contributed by atoms with Crippen LogP contribution < -0.4 is 0 Å². The normalized spacial score (nSPS) is 15.2. The molecule has 3 rings (SSSR count). The largest absolute Gasteiger partial charge is 0.460 e. The second-order valence-electron chi connectivity index (χ2n) is 5.96. The smallest absolute Gasteiger partial charge is 0.348 e. The van der Waals surface area contributed by atoms with Gasteiger partial charge in [-0.2, -0.15) is 0 Å². The van der Waals surface area contributed by atoms with Crippen LogP contribution in [0.15, 0.2) is 35.2 Å². The van der Waals surface area contributed by atoms with Gasteiger partial charge >= 0.3 is 5.97 Å². The first-order valence-corrected chi connectivity index (χ1v) is 10.5. The number of hydrogen-bond acceptors (Lipinski definition) is 6. The number of amides is 1. The Bertz CT molecular complexity index is 962. The topological polar surface area (TPSA) is 80.8 Å². The molecule has 6 nitrogen and oxygen atoms in total. The lowest BCUT2D eigenvalue weighted by molar-refractivity contribution is 0.0483. The van der Waals surface area contributed by atoms with Crippen LogP contribution in [0.3, 0.4) is 0 Å². The maximum atomic E-state index is 12.4. The van der Waals surface area contributed by atoms with Crippen molar-refractivity contribution in [2.75, 3.05) is 13.2 Å². The van der Waals surface area contributed by atoms with Crippen LogP contribution in [0.2, 0.25) is 0 Å². The molecule has 8 heteroatoms. The predicted octanol–water partition coefficient (Wildman–Crippen LogP) is 3.01. The Hall–Kier alpha value is -2.19. The van der Waals surface area contributed by atoms with E-state index in [0.717, 1.165) is 27.6 Å². The quantitative estimate of drug-likeness (QED) is 0.705. The van der Waals surface area contributed by atoms with Crippen LogP contribution in [-0.4, -0.2) is 37.8 Å². The Morgan fingerprint density at radius 2 is 2.00 bits per heavy atom. The number of esters is 1. The Kier molecular flexibility index (Phi) is 5.15. The first-order valence-electron chi connectivity index (χ1n) is 8.28. The fourth-order valence-corrected chi connectivity index (χ4v) is 5.40. The lowest BCUT2D eigenvalue weighted by atomic mass is 10.1. The molecule has 0 spiro atoms. The summed E-state index contributed by atoms with van der Waals surface area (Å²) in [6.45, 7) is 3.64. The third-order valence-electron chi connectivity index (χ3n) is 4.18. The summed E-state index contributed by atoms with van der Waals surface area (Å²) in [5.41, 5.74) is 1.27. The number of benzene rings is 1. The van der Waals surface area contributed by atoms with E-state index >= 15 is 0 Å². The number of ether oxygens (including phenoxy) is 1. The molecular formula is C18H19NO5S2. The second-order valence-corrected chi connectivity index (χ2v) is 9.04. The molecule has 1 aliphatic heterocycles. The molecule has 1 aromatic carbocycles. The van der Waals surface area contributed by atoms with Crippen LogP contribution >= 0.6 is 11.3 Å². The first kappa shape index (κ1) is 18.6. The molecular weight excluding hydrogens is 374 g/mol. The van der Waals surface area contributed by atoms with Crippen molar-refractivity contribution >= 4 is 33.2 Å². The second kappa shape index (κ2) is 7.20. The summed E-state index contributed by atoms with van der Waals surface area (Å²) in [6, 6.07) is 7.88. The van der Waals surface area contributed by atoms with Gasteiger partial charge in [0.15, 0.2) is 0 Å². The Labute approximate surface area is 156 Å². The predicted molar refractivity (Wildman–Crippen MR) is 98.0 cm³/mol. The lowest BCUT2D eigenvalue weighted by Gasteiger charge is -2.14. The van der Waals surface area contributed by atoms with E-state index in [2.05, 4.69) is 6.92 Å². The number of fused-ring (bicyclic) bond motifs is 1. The minimum Gasteiger partial charge on any atom is -0.460 e. The van der Waals surface area contributed by atoms with Gasteiger partial charge in [-0.25, -0.2) is 17.5 Å². The van der Waals surface area contributed by atoms with Crippen molar-refractivity contribution in [3.63, 3.8) is 0 Å². The molecule has 0 bridgehead atoms. The van der Waals surface area contributed by atoms with Gasteiger partial charge in [0.05, 0.1) is 12.1 Å². The highest BCUT2D eigenvalue weighted by molar-refractivity contribution is 7.90. The van der Waals surface area contributed by atoms with E-state index in [1.54, 1.807) is 12.1 Å². The lowest BCUT2D eigenvalue weighted by Crippen LogP contribution is -2.33. The zero-order chi connectivity index (χ0) is 18.9. The van der Waals surface area contributed by atoms with Crippen LogP contribution in [-0.2, 0) is 21.2 Å². The molecule has 1 aromatic heterocycles. The third kappa shape index (κ3) is 3.26. The van der Waals surface area contributed by atoms with E-state index in [4.69, 9.17) is 4.74 Å². The molecule has 1 amide bonds. The van der Waals surface area contributed by atoms with Gasteiger partial charge in [-0.05, 0) is 37.1 Å². The molecule has 0 radical (unpaired) electrons. The number of nitrogens with zero attached hydrogens (tertiary/aromatic N) is 1. The Balaban J connectivity index is 1.64. The molecule has 0 atom stereocenters. The van der Waals surface area contributed by atoms with Gasteiger partial charge in [0.25, 0.3) is 15.9 Å². The molecule has 0 aliphatic carbocycles. The molecule has 0 saturated carbocycles. The summed E-state index contributed by atoms with van der Waals surface area (Å²) in [5, 5.41) is 0. The number of rotatable bonds is 6. The summed E-state index contributed by atoms with van der Waals surface area (Å²) in [4.78, 5) is 26.0. The van der Waals surface area contributed by atoms with E-state index in [9.17, 15) is 18.0 Å². The molecule has 0 fully saturated rings. The van der Waals surface area contributed by atoms with Crippen molar-refractivity contribution in [2.45, 2.75) is 31.6 Å². The molecule has 1 aliphatic rings. The van der Waals surface area contributed by atoms with Crippen molar-refractivity contribution < 1.29 is 22.7 Å². The van der Waals surface area contributed by atoms with Crippen molar-refractivity contribution in [1.29, 1.82) is 0 Å². The molecule has 0 N–H and O–H groups in total. The number of carbonyl (C=O) groups excluding carboxylic acids is 2. The minimum absolute atomic E-state index is 0.00517. The molecule has 138 valence electrons. The number of thiophene rings is 1. The molecule has 2 aromatic rings. The average Bonchev–Trinajstić information content (AvgIpc) is 3.07. The highest BCUT2D eigenvalue weighted by Crippen LogP contribution is 2.29. The van der Waals surface area contributed by atoms with Crippen molar-refractivity contribution in [3.05, 3.63) is 51.2 Å². The van der Waals surface area contributed by atoms with Crippen molar-refractivity contribution in [2.24, 2.45) is 0 Å². The number of aryl methyl sites for hydroxylation is 2. The molecule has 0 unspecified atom stereocenters. The van der Waals surface area contributed by atoms with Crippen LogP contribution in [0.4, 0.5) is 0 Å². The van der Waals surface area contributed by atoms with E-state index in [1.165, 1.54) is 23.5 Å². The van der Waals surface area contributed by atoms with Gasteiger partial charge in [-0.3, -0.25) is 4.79 Å². The molecule has 26 heavy (non-hydrogen) atoms. The van der Waals surface area contributed by atoms with Gasteiger partial charge in [0, 0.05) is 4.88 Å².